The van der Waals surface area contributed by atoms with Gasteiger partial charge < -0.3 is 10.4 Å². The van der Waals surface area contributed by atoms with Crippen LogP contribution < -0.4 is 5.32 Å². The number of rotatable bonds is 5. The van der Waals surface area contributed by atoms with E-state index in [0.717, 1.165) is 11.8 Å². The third-order valence-electron chi connectivity index (χ3n) is 1.78. The van der Waals surface area contributed by atoms with Gasteiger partial charge in [0.1, 0.15) is 6.04 Å². The summed E-state index contributed by atoms with van der Waals surface area (Å²) >= 11 is 2.19. The molecule has 0 radical (unpaired) electrons. The number of aliphatic carboxylic acids is 1. The largest absolute Gasteiger partial charge is 0.480 e. The second kappa shape index (κ2) is 6.41. The lowest BCUT2D eigenvalue weighted by molar-refractivity contribution is -0.140. The van der Waals surface area contributed by atoms with Gasteiger partial charge in [0, 0.05) is 12.7 Å². The molecule has 0 aliphatic heterocycles. The van der Waals surface area contributed by atoms with E-state index in [1.807, 2.05) is 0 Å². The molecule has 0 fully saturated rings. The predicted octanol–water partition coefficient (Wildman–Crippen LogP) is 1.21. The van der Waals surface area contributed by atoms with E-state index < -0.39 is 17.9 Å². The smallest absolute Gasteiger partial charge is 0.327 e. The zero-order chi connectivity index (χ0) is 12.8. The summed E-state index contributed by atoms with van der Waals surface area (Å²) in [7, 11) is 0. The van der Waals surface area contributed by atoms with Crippen LogP contribution in [0.1, 0.15) is 16.6 Å². The molecule has 7 heteroatoms. The summed E-state index contributed by atoms with van der Waals surface area (Å²) in [6, 6.07) is 2.39. The quantitative estimate of drug-likeness (QED) is 0.842. The van der Waals surface area contributed by atoms with E-state index in [-0.39, 0.29) is 10.9 Å². The van der Waals surface area contributed by atoms with Crippen molar-refractivity contribution in [3.8, 4) is 0 Å². The van der Waals surface area contributed by atoms with Crippen LogP contribution in [0, 0.1) is 0 Å². The van der Waals surface area contributed by atoms with Crippen LogP contribution in [-0.2, 0) is 9.59 Å². The van der Waals surface area contributed by atoms with E-state index in [1.165, 1.54) is 18.3 Å². The minimum absolute atomic E-state index is 0.0195. The number of hydrogen-bond acceptors (Lipinski definition) is 5. The van der Waals surface area contributed by atoms with Gasteiger partial charge in [0.15, 0.2) is 0 Å². The minimum atomic E-state index is -1.15. The molecular formula is C10H11NO4S2. The summed E-state index contributed by atoms with van der Waals surface area (Å²) in [4.78, 5) is 33.7. The molecule has 1 rings (SSSR count). The highest BCUT2D eigenvalue weighted by atomic mass is 32.2. The average Bonchev–Trinajstić information content (AvgIpc) is 2.76. The number of carbonyl (C=O) groups excluding carboxylic acids is 2. The van der Waals surface area contributed by atoms with Gasteiger partial charge in [0.25, 0.3) is 0 Å². The standard InChI is InChI=1S/C10H11NO4S2/c1-6(12)11-7(9(13)14)5-17-10(15)8-3-2-4-16-8/h2-4,7H,5H2,1H3,(H,11,12)(H,13,14). The number of hydrogen-bond donors (Lipinski definition) is 2. The molecule has 5 nitrogen and oxygen atoms in total. The minimum Gasteiger partial charge on any atom is -0.480 e. The molecule has 0 aliphatic carbocycles. The fourth-order valence-electron chi connectivity index (χ4n) is 1.04. The van der Waals surface area contributed by atoms with E-state index in [2.05, 4.69) is 5.32 Å². The molecule has 1 aromatic heterocycles. The zero-order valence-corrected chi connectivity index (χ0v) is 10.6. The number of thiophene rings is 1. The molecular weight excluding hydrogens is 262 g/mol. The molecule has 0 bridgehead atoms. The fraction of sp³-hybridized carbons (Fsp3) is 0.300. The summed E-state index contributed by atoms with van der Waals surface area (Å²) in [5, 5.41) is 12.7. The molecule has 1 amide bonds. The van der Waals surface area contributed by atoms with Crippen molar-refractivity contribution in [2.75, 3.05) is 5.75 Å². The van der Waals surface area contributed by atoms with Crippen molar-refractivity contribution in [2.45, 2.75) is 13.0 Å². The first kappa shape index (κ1) is 13.7. The summed E-state index contributed by atoms with van der Waals surface area (Å²) in [6.45, 7) is 1.24. The van der Waals surface area contributed by atoms with Gasteiger partial charge in [-0.2, -0.15) is 0 Å². The molecule has 0 aliphatic rings. The monoisotopic (exact) mass is 273 g/mol. The van der Waals surface area contributed by atoms with Crippen LogP contribution in [0.25, 0.3) is 0 Å². The third kappa shape index (κ3) is 4.58. The molecule has 1 aromatic rings. The first-order valence-electron chi connectivity index (χ1n) is 4.71. The van der Waals surface area contributed by atoms with Gasteiger partial charge in [-0.25, -0.2) is 4.79 Å². The summed E-state index contributed by atoms with van der Waals surface area (Å²) < 4.78 is 0. The predicted molar refractivity (Wildman–Crippen MR) is 66.3 cm³/mol. The van der Waals surface area contributed by atoms with Gasteiger partial charge in [-0.05, 0) is 11.4 Å². The number of thioether (sulfide) groups is 1. The Labute approximate surface area is 106 Å². The van der Waals surface area contributed by atoms with Gasteiger partial charge in [-0.1, -0.05) is 17.8 Å². The average molecular weight is 273 g/mol. The Morgan fingerprint density at radius 3 is 2.71 bits per heavy atom. The van der Waals surface area contributed by atoms with Crippen LogP contribution in [0.5, 0.6) is 0 Å². The highest BCUT2D eigenvalue weighted by molar-refractivity contribution is 8.14. The molecule has 0 saturated heterocycles. The molecule has 92 valence electrons. The van der Waals surface area contributed by atoms with Gasteiger partial charge in [0.05, 0.1) is 4.88 Å². The van der Waals surface area contributed by atoms with Gasteiger partial charge in [-0.15, -0.1) is 11.3 Å². The Morgan fingerprint density at radius 1 is 1.53 bits per heavy atom. The first-order valence-corrected chi connectivity index (χ1v) is 6.57. The Morgan fingerprint density at radius 2 is 2.24 bits per heavy atom. The lowest BCUT2D eigenvalue weighted by Crippen LogP contribution is -2.41. The van der Waals surface area contributed by atoms with Crippen LogP contribution in [-0.4, -0.2) is 33.9 Å². The second-order valence-electron chi connectivity index (χ2n) is 3.17. The second-order valence-corrected chi connectivity index (χ2v) is 5.11. The number of carbonyl (C=O) groups is 3. The Kier molecular flexibility index (Phi) is 5.17. The van der Waals surface area contributed by atoms with Crippen LogP contribution in [0.3, 0.4) is 0 Å². The van der Waals surface area contributed by atoms with Crippen LogP contribution in [0.15, 0.2) is 17.5 Å². The third-order valence-corrected chi connectivity index (χ3v) is 3.76. The number of nitrogens with one attached hydrogen (secondary N) is 1. The maximum atomic E-state index is 11.6. The number of carboxylic acids is 1. The molecule has 1 atom stereocenters. The van der Waals surface area contributed by atoms with E-state index in [0.29, 0.717) is 4.88 Å². The zero-order valence-electron chi connectivity index (χ0n) is 9.00. The highest BCUT2D eigenvalue weighted by Gasteiger charge is 2.20. The first-order chi connectivity index (χ1) is 8.00. The van der Waals surface area contributed by atoms with Crippen LogP contribution in [0.4, 0.5) is 0 Å². The summed E-state index contributed by atoms with van der Waals surface area (Å²) in [5.41, 5.74) is 0. The maximum Gasteiger partial charge on any atom is 0.327 e. The van der Waals surface area contributed by atoms with Crippen molar-refractivity contribution in [1.82, 2.24) is 5.32 Å². The molecule has 1 heterocycles. The molecule has 0 spiro atoms. The topological polar surface area (TPSA) is 83.5 Å². The lowest BCUT2D eigenvalue weighted by atomic mass is 10.3. The normalized spacial score (nSPS) is 11.8. The summed E-state index contributed by atoms with van der Waals surface area (Å²) in [5.74, 6) is -1.56. The Bertz CT molecular complexity index is 416. The summed E-state index contributed by atoms with van der Waals surface area (Å²) in [6.07, 6.45) is 0. The van der Waals surface area contributed by atoms with Crippen molar-refractivity contribution in [1.29, 1.82) is 0 Å². The Hall–Kier alpha value is -1.34. The van der Waals surface area contributed by atoms with Crippen LogP contribution >= 0.6 is 23.1 Å². The SMILES string of the molecule is CC(=O)NC(CSC(=O)c1cccs1)C(=O)O. The molecule has 0 aromatic carbocycles. The van der Waals surface area contributed by atoms with Crippen molar-refractivity contribution in [3.05, 3.63) is 22.4 Å². The molecule has 17 heavy (non-hydrogen) atoms. The van der Waals surface area contributed by atoms with Crippen molar-refractivity contribution in [2.24, 2.45) is 0 Å². The maximum absolute atomic E-state index is 11.6. The molecule has 0 saturated carbocycles. The molecule has 1 unspecified atom stereocenters. The van der Waals surface area contributed by atoms with E-state index in [4.69, 9.17) is 5.11 Å². The Balaban J connectivity index is 2.49. The fourth-order valence-corrected chi connectivity index (χ4v) is 2.68. The molecule has 2 N–H and O–H groups in total. The van der Waals surface area contributed by atoms with Crippen molar-refractivity contribution < 1.29 is 19.5 Å². The van der Waals surface area contributed by atoms with Gasteiger partial charge in [-0.3, -0.25) is 9.59 Å². The number of amides is 1. The van der Waals surface area contributed by atoms with Crippen molar-refractivity contribution in [3.63, 3.8) is 0 Å². The number of carboxylic acid groups (broad SMARTS) is 1. The lowest BCUT2D eigenvalue weighted by Gasteiger charge is -2.11. The highest BCUT2D eigenvalue weighted by Crippen LogP contribution is 2.17. The van der Waals surface area contributed by atoms with Crippen molar-refractivity contribution >= 4 is 40.1 Å². The van der Waals surface area contributed by atoms with E-state index in [1.54, 1.807) is 17.5 Å². The van der Waals surface area contributed by atoms with E-state index >= 15 is 0 Å². The van der Waals surface area contributed by atoms with Gasteiger partial charge in [0.2, 0.25) is 11.0 Å². The van der Waals surface area contributed by atoms with Crippen LogP contribution in [0.2, 0.25) is 0 Å². The van der Waals surface area contributed by atoms with Gasteiger partial charge >= 0.3 is 5.97 Å². The van der Waals surface area contributed by atoms with E-state index in [9.17, 15) is 14.4 Å².